The van der Waals surface area contributed by atoms with E-state index in [0.717, 1.165) is 11.5 Å². The maximum Gasteiger partial charge on any atom is 0.133 e. The van der Waals surface area contributed by atoms with Gasteiger partial charge in [0.2, 0.25) is 0 Å². The van der Waals surface area contributed by atoms with Gasteiger partial charge in [-0.3, -0.25) is 5.84 Å². The molecule has 0 radical (unpaired) electrons. The summed E-state index contributed by atoms with van der Waals surface area (Å²) < 4.78 is 6.15. The van der Waals surface area contributed by atoms with Crippen LogP contribution in [0.3, 0.4) is 0 Å². The highest BCUT2D eigenvalue weighted by Crippen LogP contribution is 2.38. The van der Waals surface area contributed by atoms with Crippen molar-refractivity contribution in [3.05, 3.63) is 59.2 Å². The van der Waals surface area contributed by atoms with Gasteiger partial charge in [-0.1, -0.05) is 30.3 Å². The van der Waals surface area contributed by atoms with Crippen molar-refractivity contribution in [3.63, 3.8) is 0 Å². The summed E-state index contributed by atoms with van der Waals surface area (Å²) in [4.78, 5) is 1.20. The van der Waals surface area contributed by atoms with Crippen molar-refractivity contribution in [3.8, 4) is 5.75 Å². The molecule has 3 nitrogen and oxygen atoms in total. The second-order valence-electron chi connectivity index (χ2n) is 5.40. The lowest BCUT2D eigenvalue weighted by molar-refractivity contribution is 0.167. The van der Waals surface area contributed by atoms with Crippen molar-refractivity contribution in [1.82, 2.24) is 5.43 Å². The SMILES string of the molecule is Cc1ccc(C(NN)C2CSc3ccccc3O2)cc1C. The third-order valence-corrected chi connectivity index (χ3v) is 5.12. The smallest absolute Gasteiger partial charge is 0.133 e. The average molecular weight is 300 g/mol. The van der Waals surface area contributed by atoms with E-state index in [0.29, 0.717) is 0 Å². The van der Waals surface area contributed by atoms with Crippen LogP contribution in [0.1, 0.15) is 22.7 Å². The molecular formula is C17H20N2OS. The van der Waals surface area contributed by atoms with Gasteiger partial charge in [-0.2, -0.15) is 0 Å². The van der Waals surface area contributed by atoms with E-state index in [1.807, 2.05) is 30.0 Å². The zero-order valence-electron chi connectivity index (χ0n) is 12.3. The Morgan fingerprint density at radius 2 is 2.00 bits per heavy atom. The van der Waals surface area contributed by atoms with Crippen molar-refractivity contribution >= 4 is 11.8 Å². The molecule has 0 saturated carbocycles. The molecule has 0 amide bonds. The zero-order valence-corrected chi connectivity index (χ0v) is 13.1. The molecule has 0 fully saturated rings. The normalized spacial score (nSPS) is 18.7. The second-order valence-corrected chi connectivity index (χ2v) is 6.46. The van der Waals surface area contributed by atoms with E-state index >= 15 is 0 Å². The van der Waals surface area contributed by atoms with Crippen molar-refractivity contribution in [1.29, 1.82) is 0 Å². The molecule has 1 aliphatic heterocycles. The molecule has 0 aliphatic carbocycles. The summed E-state index contributed by atoms with van der Waals surface area (Å²) in [5.41, 5.74) is 6.66. The molecule has 0 saturated heterocycles. The minimum absolute atomic E-state index is 0.00911. The minimum atomic E-state index is -0.00911. The summed E-state index contributed by atoms with van der Waals surface area (Å²) in [6.45, 7) is 4.24. The zero-order chi connectivity index (χ0) is 14.8. The molecule has 2 unspecified atom stereocenters. The summed E-state index contributed by atoms with van der Waals surface area (Å²) in [6, 6.07) is 14.6. The predicted octanol–water partition coefficient (Wildman–Crippen LogP) is 3.36. The number of benzene rings is 2. The Labute approximate surface area is 129 Å². The summed E-state index contributed by atoms with van der Waals surface area (Å²) in [5, 5.41) is 0. The molecule has 110 valence electrons. The topological polar surface area (TPSA) is 47.3 Å². The molecule has 0 aromatic heterocycles. The fourth-order valence-corrected chi connectivity index (χ4v) is 3.61. The van der Waals surface area contributed by atoms with Crippen LogP contribution in [-0.4, -0.2) is 11.9 Å². The van der Waals surface area contributed by atoms with Crippen LogP contribution in [0.15, 0.2) is 47.4 Å². The summed E-state index contributed by atoms with van der Waals surface area (Å²) >= 11 is 1.82. The number of aryl methyl sites for hydroxylation is 2. The number of rotatable bonds is 3. The van der Waals surface area contributed by atoms with E-state index in [-0.39, 0.29) is 12.1 Å². The largest absolute Gasteiger partial charge is 0.486 e. The number of nitrogens with two attached hydrogens (primary N) is 1. The molecule has 2 aromatic rings. The number of hydrazine groups is 1. The number of thioether (sulfide) groups is 1. The van der Waals surface area contributed by atoms with Crippen molar-refractivity contribution in [2.75, 3.05) is 5.75 Å². The fourth-order valence-electron chi connectivity index (χ4n) is 2.58. The molecule has 0 spiro atoms. The monoisotopic (exact) mass is 300 g/mol. The quantitative estimate of drug-likeness (QED) is 0.674. The van der Waals surface area contributed by atoms with Gasteiger partial charge in [0.1, 0.15) is 11.9 Å². The Bertz CT molecular complexity index is 644. The van der Waals surface area contributed by atoms with Crippen LogP contribution in [0.25, 0.3) is 0 Å². The van der Waals surface area contributed by atoms with Crippen molar-refractivity contribution in [2.24, 2.45) is 5.84 Å². The van der Waals surface area contributed by atoms with Crippen LogP contribution < -0.4 is 16.0 Å². The van der Waals surface area contributed by atoms with Crippen LogP contribution in [0.2, 0.25) is 0 Å². The second kappa shape index (κ2) is 6.10. The van der Waals surface area contributed by atoms with E-state index in [9.17, 15) is 0 Å². The molecule has 1 aliphatic rings. The standard InChI is InChI=1S/C17H20N2OS/c1-11-7-8-13(9-12(11)2)17(19-18)15-10-21-16-6-4-3-5-14(16)20-15/h3-9,15,17,19H,10,18H2,1-2H3. The molecule has 2 aromatic carbocycles. The first kappa shape index (κ1) is 14.4. The highest BCUT2D eigenvalue weighted by atomic mass is 32.2. The Morgan fingerprint density at radius 3 is 2.76 bits per heavy atom. The van der Waals surface area contributed by atoms with Gasteiger partial charge >= 0.3 is 0 Å². The predicted molar refractivity (Wildman–Crippen MR) is 87.6 cm³/mol. The van der Waals surface area contributed by atoms with Gasteiger partial charge in [0, 0.05) is 10.6 Å². The third-order valence-electron chi connectivity index (χ3n) is 3.97. The van der Waals surface area contributed by atoms with Gasteiger partial charge in [0.05, 0.1) is 6.04 Å². The molecular weight excluding hydrogens is 280 g/mol. The molecule has 2 atom stereocenters. The van der Waals surface area contributed by atoms with Crippen LogP contribution in [0.4, 0.5) is 0 Å². The van der Waals surface area contributed by atoms with Crippen LogP contribution in [0.5, 0.6) is 5.75 Å². The molecule has 4 heteroatoms. The Hall–Kier alpha value is -1.49. The maximum absolute atomic E-state index is 6.15. The minimum Gasteiger partial charge on any atom is -0.486 e. The van der Waals surface area contributed by atoms with Crippen molar-refractivity contribution < 1.29 is 4.74 Å². The number of para-hydroxylation sites is 1. The lowest BCUT2D eigenvalue weighted by Crippen LogP contribution is -2.42. The number of ether oxygens (including phenoxy) is 1. The van der Waals surface area contributed by atoms with Gasteiger partial charge in [0.25, 0.3) is 0 Å². The molecule has 1 heterocycles. The highest BCUT2D eigenvalue weighted by Gasteiger charge is 2.28. The Balaban J connectivity index is 1.86. The third kappa shape index (κ3) is 2.93. The molecule has 3 N–H and O–H groups in total. The van der Waals surface area contributed by atoms with Crippen LogP contribution in [0, 0.1) is 13.8 Å². The first-order valence-electron chi connectivity index (χ1n) is 7.11. The van der Waals surface area contributed by atoms with Crippen LogP contribution in [-0.2, 0) is 0 Å². The van der Waals surface area contributed by atoms with Gasteiger partial charge in [-0.25, -0.2) is 5.43 Å². The lowest BCUT2D eigenvalue weighted by Gasteiger charge is -2.32. The van der Waals surface area contributed by atoms with Gasteiger partial charge in [-0.15, -0.1) is 11.8 Å². The van der Waals surface area contributed by atoms with Gasteiger partial charge < -0.3 is 4.74 Å². The summed E-state index contributed by atoms with van der Waals surface area (Å²) in [7, 11) is 0. The Kier molecular flexibility index (Phi) is 4.19. The summed E-state index contributed by atoms with van der Waals surface area (Å²) in [5.74, 6) is 7.64. The number of fused-ring (bicyclic) bond motifs is 1. The number of hydrogen-bond acceptors (Lipinski definition) is 4. The molecule has 3 rings (SSSR count). The van der Waals surface area contributed by atoms with E-state index < -0.39 is 0 Å². The highest BCUT2D eigenvalue weighted by molar-refractivity contribution is 7.99. The van der Waals surface area contributed by atoms with E-state index in [4.69, 9.17) is 10.6 Å². The van der Waals surface area contributed by atoms with E-state index in [1.165, 1.54) is 21.6 Å². The maximum atomic E-state index is 6.15. The molecule has 0 bridgehead atoms. The lowest BCUT2D eigenvalue weighted by atomic mass is 9.98. The average Bonchev–Trinajstić information content (AvgIpc) is 2.51. The Morgan fingerprint density at radius 1 is 1.19 bits per heavy atom. The fraction of sp³-hybridized carbons (Fsp3) is 0.294. The van der Waals surface area contributed by atoms with Crippen LogP contribution >= 0.6 is 11.8 Å². The first-order chi connectivity index (χ1) is 10.2. The van der Waals surface area contributed by atoms with Gasteiger partial charge in [-0.05, 0) is 42.7 Å². The van der Waals surface area contributed by atoms with Gasteiger partial charge in [0.15, 0.2) is 0 Å². The van der Waals surface area contributed by atoms with E-state index in [2.05, 4.69) is 43.5 Å². The summed E-state index contributed by atoms with van der Waals surface area (Å²) in [6.07, 6.45) is 0.0250. The number of nitrogens with one attached hydrogen (secondary N) is 1. The number of hydrogen-bond donors (Lipinski definition) is 2. The van der Waals surface area contributed by atoms with E-state index in [1.54, 1.807) is 0 Å². The molecule has 21 heavy (non-hydrogen) atoms. The first-order valence-corrected chi connectivity index (χ1v) is 8.09. The van der Waals surface area contributed by atoms with Crippen molar-refractivity contribution in [2.45, 2.75) is 30.9 Å².